The van der Waals surface area contributed by atoms with Gasteiger partial charge in [-0.05, 0) is 12.8 Å². The molecule has 0 saturated heterocycles. The van der Waals surface area contributed by atoms with Crippen LogP contribution in [0.25, 0.3) is 0 Å². The summed E-state index contributed by atoms with van der Waals surface area (Å²) < 4.78 is 0. The average Bonchev–Trinajstić information content (AvgIpc) is 3.48. The van der Waals surface area contributed by atoms with Crippen molar-refractivity contribution in [3.8, 4) is 0 Å². The number of carbonyl (C=O) groups is 4. The predicted molar refractivity (Wildman–Crippen MR) is 167 cm³/mol. The molecular formula is C35H58N2O4. The number of rotatable bonds is 27. The van der Waals surface area contributed by atoms with Crippen molar-refractivity contribution >= 4 is 23.6 Å². The quantitative estimate of drug-likeness (QED) is 0.0730. The Morgan fingerprint density at radius 1 is 0.390 bits per heavy atom. The molecule has 0 aromatic carbocycles. The lowest BCUT2D eigenvalue weighted by Gasteiger charge is -2.32. The van der Waals surface area contributed by atoms with E-state index in [1.807, 2.05) is 0 Å². The van der Waals surface area contributed by atoms with Crippen LogP contribution in [0.4, 0.5) is 0 Å². The highest BCUT2D eigenvalue weighted by Gasteiger charge is 2.40. The van der Waals surface area contributed by atoms with Crippen molar-refractivity contribution in [2.75, 3.05) is 0 Å². The van der Waals surface area contributed by atoms with Gasteiger partial charge >= 0.3 is 0 Å². The summed E-state index contributed by atoms with van der Waals surface area (Å²) in [5, 5.41) is 0. The van der Waals surface area contributed by atoms with Crippen LogP contribution in [0.1, 0.15) is 167 Å². The molecule has 4 amide bonds. The van der Waals surface area contributed by atoms with E-state index in [4.69, 9.17) is 0 Å². The van der Waals surface area contributed by atoms with Crippen LogP contribution in [-0.2, 0) is 19.2 Å². The van der Waals surface area contributed by atoms with E-state index in [1.165, 1.54) is 159 Å². The molecule has 232 valence electrons. The van der Waals surface area contributed by atoms with Crippen molar-refractivity contribution in [3.05, 3.63) is 24.3 Å². The lowest BCUT2D eigenvalue weighted by atomic mass is 10.0. The predicted octanol–water partition coefficient (Wildman–Crippen LogP) is 8.93. The van der Waals surface area contributed by atoms with E-state index in [0.717, 1.165) is 29.1 Å². The van der Waals surface area contributed by atoms with Gasteiger partial charge in [0.25, 0.3) is 23.6 Å². The molecule has 6 nitrogen and oxygen atoms in total. The fourth-order valence-corrected chi connectivity index (χ4v) is 6.07. The Morgan fingerprint density at radius 2 is 0.610 bits per heavy atom. The van der Waals surface area contributed by atoms with E-state index in [0.29, 0.717) is 6.42 Å². The van der Waals surface area contributed by atoms with E-state index in [1.54, 1.807) is 0 Å². The number of amides is 4. The van der Waals surface area contributed by atoms with Gasteiger partial charge in [-0.15, -0.1) is 0 Å². The van der Waals surface area contributed by atoms with E-state index < -0.39 is 29.8 Å². The van der Waals surface area contributed by atoms with Gasteiger partial charge < -0.3 is 0 Å². The zero-order chi connectivity index (χ0) is 29.5. The first-order valence-corrected chi connectivity index (χ1v) is 17.2. The van der Waals surface area contributed by atoms with Crippen molar-refractivity contribution in [2.24, 2.45) is 0 Å². The Morgan fingerprint density at radius 3 is 0.854 bits per heavy atom. The molecule has 2 aliphatic rings. The van der Waals surface area contributed by atoms with E-state index >= 15 is 0 Å². The second-order valence-corrected chi connectivity index (χ2v) is 12.2. The summed E-state index contributed by atoms with van der Waals surface area (Å²) in [4.78, 5) is 50.8. The summed E-state index contributed by atoms with van der Waals surface area (Å²) in [7, 11) is 0. The molecule has 2 heterocycles. The summed E-state index contributed by atoms with van der Waals surface area (Å²) in [6.07, 6.45) is 36.2. The first-order valence-electron chi connectivity index (χ1n) is 17.2. The summed E-state index contributed by atoms with van der Waals surface area (Å²) in [6, 6.07) is 0. The number of unbranched alkanes of at least 4 members (excludes halogenated alkanes) is 23. The van der Waals surface area contributed by atoms with Crippen LogP contribution in [0.5, 0.6) is 0 Å². The van der Waals surface area contributed by atoms with Gasteiger partial charge in [-0.25, -0.2) is 0 Å². The second kappa shape index (κ2) is 22.4. The third-order valence-electron chi connectivity index (χ3n) is 8.60. The average molecular weight is 571 g/mol. The molecule has 41 heavy (non-hydrogen) atoms. The molecule has 0 fully saturated rings. The third kappa shape index (κ3) is 14.5. The standard InChI is InChI=1S/C35H58N2O4/c1-2-3-4-5-6-7-8-9-10-11-12-13-14-15-16-17-18-19-20-21-22-23-24-25-26-31(36-32(38)27-28-33(36)39)37-34(40)29-30-35(37)41/h27-31H,2-26H2,1H3. The molecule has 0 aromatic rings. The Kier molecular flexibility index (Phi) is 19.1. The van der Waals surface area contributed by atoms with Gasteiger partial charge in [-0.2, -0.15) is 0 Å². The molecule has 0 bridgehead atoms. The maximum Gasteiger partial charge on any atom is 0.255 e. The minimum Gasteiger partial charge on any atom is -0.269 e. The lowest BCUT2D eigenvalue weighted by Crippen LogP contribution is -2.53. The molecule has 0 aromatic heterocycles. The van der Waals surface area contributed by atoms with Crippen LogP contribution in [0.2, 0.25) is 0 Å². The van der Waals surface area contributed by atoms with Crippen LogP contribution in [0, 0.1) is 0 Å². The highest BCUT2D eigenvalue weighted by molar-refractivity contribution is 6.16. The molecule has 0 aliphatic carbocycles. The van der Waals surface area contributed by atoms with Crippen molar-refractivity contribution < 1.29 is 19.2 Å². The molecule has 2 aliphatic heterocycles. The zero-order valence-electron chi connectivity index (χ0n) is 26.1. The summed E-state index contributed by atoms with van der Waals surface area (Å²) in [5.41, 5.74) is 0. The van der Waals surface area contributed by atoms with Crippen molar-refractivity contribution in [3.63, 3.8) is 0 Å². The molecule has 0 spiro atoms. The second-order valence-electron chi connectivity index (χ2n) is 12.2. The minimum absolute atomic E-state index is 0.428. The fourth-order valence-electron chi connectivity index (χ4n) is 6.07. The Bertz CT molecular complexity index is 756. The molecule has 0 unspecified atom stereocenters. The van der Waals surface area contributed by atoms with E-state index in [9.17, 15) is 19.2 Å². The highest BCUT2D eigenvalue weighted by Crippen LogP contribution is 2.23. The summed E-state index contributed by atoms with van der Waals surface area (Å²) in [6.45, 7) is 2.28. The van der Waals surface area contributed by atoms with Gasteiger partial charge in [-0.1, -0.05) is 155 Å². The molecule has 0 radical (unpaired) electrons. The Hall–Kier alpha value is -2.24. The third-order valence-corrected chi connectivity index (χ3v) is 8.60. The summed E-state index contributed by atoms with van der Waals surface area (Å²) >= 11 is 0. The van der Waals surface area contributed by atoms with Crippen LogP contribution in [0.3, 0.4) is 0 Å². The normalized spacial score (nSPS) is 15.1. The fraction of sp³-hybridized carbons (Fsp3) is 0.771. The van der Waals surface area contributed by atoms with Gasteiger partial charge in [0.1, 0.15) is 6.17 Å². The van der Waals surface area contributed by atoms with Gasteiger partial charge in [0, 0.05) is 24.3 Å². The number of nitrogens with zero attached hydrogens (tertiary/aromatic N) is 2. The maximum atomic E-state index is 12.2. The van der Waals surface area contributed by atoms with E-state index in [2.05, 4.69) is 6.92 Å². The highest BCUT2D eigenvalue weighted by atomic mass is 16.2. The Labute approximate surface area is 250 Å². The zero-order valence-corrected chi connectivity index (χ0v) is 26.1. The molecule has 2 rings (SSSR count). The van der Waals surface area contributed by atoms with Gasteiger partial charge in [0.05, 0.1) is 0 Å². The molecule has 0 atom stereocenters. The SMILES string of the molecule is CCCCCCCCCCCCCCCCCCCCCCCCCCC(N1C(=O)C=CC1=O)N1C(=O)C=CC1=O. The monoisotopic (exact) mass is 570 g/mol. The largest absolute Gasteiger partial charge is 0.269 e. The number of carbonyl (C=O) groups excluding carboxylic acids is 4. The minimum atomic E-state index is -0.834. The van der Waals surface area contributed by atoms with Crippen molar-refractivity contribution in [2.45, 2.75) is 174 Å². The van der Waals surface area contributed by atoms with Crippen molar-refractivity contribution in [1.29, 1.82) is 0 Å². The topological polar surface area (TPSA) is 74.8 Å². The van der Waals surface area contributed by atoms with Crippen molar-refractivity contribution in [1.82, 2.24) is 9.80 Å². The van der Waals surface area contributed by atoms with Gasteiger partial charge in [0.15, 0.2) is 0 Å². The van der Waals surface area contributed by atoms with Crippen LogP contribution < -0.4 is 0 Å². The number of hydrogen-bond donors (Lipinski definition) is 0. The smallest absolute Gasteiger partial charge is 0.255 e. The first kappa shape index (κ1) is 35.0. The number of hydrogen-bond acceptors (Lipinski definition) is 4. The lowest BCUT2D eigenvalue weighted by molar-refractivity contribution is -0.152. The van der Waals surface area contributed by atoms with Crippen LogP contribution in [-0.4, -0.2) is 39.6 Å². The number of imide groups is 2. The first-order chi connectivity index (χ1) is 20.1. The molecule has 0 saturated carbocycles. The molecular weight excluding hydrogens is 512 g/mol. The summed E-state index contributed by atoms with van der Waals surface area (Å²) in [5.74, 6) is -1.85. The van der Waals surface area contributed by atoms with Gasteiger partial charge in [-0.3, -0.25) is 29.0 Å². The Balaban J connectivity index is 1.36. The van der Waals surface area contributed by atoms with E-state index in [-0.39, 0.29) is 0 Å². The molecule has 6 heteroatoms. The van der Waals surface area contributed by atoms with Crippen LogP contribution in [0.15, 0.2) is 24.3 Å². The maximum absolute atomic E-state index is 12.2. The molecule has 0 N–H and O–H groups in total. The van der Waals surface area contributed by atoms with Gasteiger partial charge in [0.2, 0.25) is 0 Å². The van der Waals surface area contributed by atoms with Crippen LogP contribution >= 0.6 is 0 Å².